The average molecular weight is 237 g/mol. The number of nitrogens with one attached hydrogen (secondary N) is 1. The van der Waals surface area contributed by atoms with Crippen molar-refractivity contribution in [1.82, 2.24) is 10.2 Å². The fraction of sp³-hybridized carbons (Fsp3) is 0.417. The first-order valence-electron chi connectivity index (χ1n) is 5.54. The van der Waals surface area contributed by atoms with Gasteiger partial charge < -0.3 is 10.2 Å². The summed E-state index contributed by atoms with van der Waals surface area (Å²) in [6.45, 7) is 2.13. The van der Waals surface area contributed by atoms with E-state index in [1.165, 1.54) is 11.1 Å². The number of piperazine rings is 1. The topological polar surface area (TPSA) is 32.3 Å². The largest absolute Gasteiger partial charge is 0.333 e. The van der Waals surface area contributed by atoms with Crippen LogP contribution in [0, 0.1) is 0 Å². The summed E-state index contributed by atoms with van der Waals surface area (Å²) in [5.74, 6) is 0.196. The molecule has 3 nitrogen and oxygen atoms in total. The van der Waals surface area contributed by atoms with Gasteiger partial charge in [-0.3, -0.25) is 4.79 Å². The molecule has 1 fully saturated rings. The molecule has 1 atom stereocenters. The summed E-state index contributed by atoms with van der Waals surface area (Å²) in [7, 11) is 0. The second-order valence-electron chi connectivity index (χ2n) is 4.33. The fourth-order valence-corrected chi connectivity index (χ4v) is 2.78. The quantitative estimate of drug-likeness (QED) is 0.738. The summed E-state index contributed by atoms with van der Waals surface area (Å²) >= 11 is 6.02. The van der Waals surface area contributed by atoms with E-state index in [0.717, 1.165) is 24.5 Å². The minimum atomic E-state index is 0.170. The minimum absolute atomic E-state index is 0.170. The summed E-state index contributed by atoms with van der Waals surface area (Å²) in [5.41, 5.74) is 2.53. The van der Waals surface area contributed by atoms with Gasteiger partial charge in [-0.15, -0.1) is 0 Å². The number of carbonyl (C=O) groups is 1. The van der Waals surface area contributed by atoms with Crippen LogP contribution in [0.15, 0.2) is 18.2 Å². The van der Waals surface area contributed by atoms with E-state index < -0.39 is 0 Å². The van der Waals surface area contributed by atoms with Gasteiger partial charge >= 0.3 is 0 Å². The normalized spacial score (nSPS) is 23.9. The van der Waals surface area contributed by atoms with Crippen molar-refractivity contribution in [2.75, 3.05) is 19.6 Å². The minimum Gasteiger partial charge on any atom is -0.333 e. The number of halogens is 1. The molecule has 0 spiro atoms. The van der Waals surface area contributed by atoms with E-state index in [4.69, 9.17) is 11.6 Å². The van der Waals surface area contributed by atoms with Crippen LogP contribution < -0.4 is 5.32 Å². The molecule has 3 rings (SSSR count). The Bertz CT molecular complexity index is 447. The highest BCUT2D eigenvalue weighted by Gasteiger charge is 2.33. The Morgan fingerprint density at radius 3 is 3.19 bits per heavy atom. The van der Waals surface area contributed by atoms with E-state index in [9.17, 15) is 4.79 Å². The lowest BCUT2D eigenvalue weighted by molar-refractivity contribution is -0.135. The van der Waals surface area contributed by atoms with E-state index in [-0.39, 0.29) is 11.9 Å². The number of hydrogen-bond donors (Lipinski definition) is 1. The second-order valence-corrected chi connectivity index (χ2v) is 4.76. The zero-order valence-electron chi connectivity index (χ0n) is 8.87. The predicted octanol–water partition coefficient (Wildman–Crippen LogP) is 1.37. The molecule has 0 saturated carbocycles. The molecule has 16 heavy (non-hydrogen) atoms. The van der Waals surface area contributed by atoms with Gasteiger partial charge in [-0.1, -0.05) is 17.7 Å². The van der Waals surface area contributed by atoms with Gasteiger partial charge in [-0.2, -0.15) is 0 Å². The summed E-state index contributed by atoms with van der Waals surface area (Å²) in [5, 5.41) is 3.91. The number of benzene rings is 1. The third-order valence-electron chi connectivity index (χ3n) is 3.40. The molecule has 1 aromatic carbocycles. The summed E-state index contributed by atoms with van der Waals surface area (Å²) in [6.07, 6.45) is 0.939. The van der Waals surface area contributed by atoms with Crippen molar-refractivity contribution in [3.63, 3.8) is 0 Å². The third-order valence-corrected chi connectivity index (χ3v) is 3.63. The Balaban J connectivity index is 2.04. The molecule has 0 unspecified atom stereocenters. The first kappa shape index (κ1) is 10.1. The van der Waals surface area contributed by atoms with Crippen molar-refractivity contribution in [2.24, 2.45) is 0 Å². The highest BCUT2D eigenvalue weighted by molar-refractivity contribution is 6.30. The van der Waals surface area contributed by atoms with Crippen molar-refractivity contribution < 1.29 is 4.79 Å². The van der Waals surface area contributed by atoms with Crippen LogP contribution in [-0.4, -0.2) is 30.4 Å². The van der Waals surface area contributed by atoms with Gasteiger partial charge in [0.2, 0.25) is 5.91 Å². The number of amides is 1. The lowest BCUT2D eigenvalue weighted by atomic mass is 9.91. The van der Waals surface area contributed by atoms with Crippen LogP contribution in [0.5, 0.6) is 0 Å². The van der Waals surface area contributed by atoms with Crippen molar-refractivity contribution >= 4 is 17.5 Å². The summed E-state index contributed by atoms with van der Waals surface area (Å²) in [4.78, 5) is 13.7. The molecular weight excluding hydrogens is 224 g/mol. The van der Waals surface area contributed by atoms with Crippen LogP contribution in [0.25, 0.3) is 0 Å². The molecule has 4 heteroatoms. The second kappa shape index (κ2) is 3.75. The zero-order chi connectivity index (χ0) is 11.1. The molecule has 0 bridgehead atoms. The molecule has 2 aliphatic heterocycles. The lowest BCUT2D eigenvalue weighted by Crippen LogP contribution is -2.52. The molecule has 84 valence electrons. The average Bonchev–Trinajstić information content (AvgIpc) is 2.29. The van der Waals surface area contributed by atoms with Crippen molar-refractivity contribution in [3.8, 4) is 0 Å². The van der Waals surface area contributed by atoms with Crippen LogP contribution in [0.2, 0.25) is 5.02 Å². The van der Waals surface area contributed by atoms with Crippen LogP contribution in [0.4, 0.5) is 0 Å². The first-order valence-corrected chi connectivity index (χ1v) is 5.92. The van der Waals surface area contributed by atoms with Gasteiger partial charge in [0, 0.05) is 18.1 Å². The highest BCUT2D eigenvalue weighted by atomic mass is 35.5. The number of hydrogen-bond acceptors (Lipinski definition) is 2. The first-order chi connectivity index (χ1) is 7.75. The van der Waals surface area contributed by atoms with Crippen molar-refractivity contribution in [1.29, 1.82) is 0 Å². The molecule has 2 heterocycles. The Kier molecular flexibility index (Phi) is 2.37. The van der Waals surface area contributed by atoms with Gasteiger partial charge in [0.05, 0.1) is 12.6 Å². The van der Waals surface area contributed by atoms with Crippen LogP contribution >= 0.6 is 11.6 Å². The maximum atomic E-state index is 11.8. The molecular formula is C12H13ClN2O. The summed E-state index contributed by atoms with van der Waals surface area (Å²) in [6, 6.07) is 6.17. The SMILES string of the molecule is O=C1CNC[C@H]2c3cc(Cl)ccc3CCN12. The van der Waals surface area contributed by atoms with Crippen molar-refractivity contribution in [2.45, 2.75) is 12.5 Å². The molecule has 0 aromatic heterocycles. The maximum absolute atomic E-state index is 11.8. The standard InChI is InChI=1S/C12H13ClN2O/c13-9-2-1-8-3-4-15-11(10(8)5-9)6-14-7-12(15)16/h1-2,5,11,14H,3-4,6-7H2/t11-/m0/s1. The van der Waals surface area contributed by atoms with E-state index >= 15 is 0 Å². The van der Waals surface area contributed by atoms with E-state index in [1.807, 2.05) is 17.0 Å². The smallest absolute Gasteiger partial charge is 0.237 e. The molecule has 1 aromatic rings. The van der Waals surface area contributed by atoms with Crippen LogP contribution in [0.1, 0.15) is 17.2 Å². The molecule has 1 amide bonds. The number of nitrogens with zero attached hydrogens (tertiary/aromatic N) is 1. The predicted molar refractivity (Wildman–Crippen MR) is 62.5 cm³/mol. The summed E-state index contributed by atoms with van der Waals surface area (Å²) < 4.78 is 0. The zero-order valence-corrected chi connectivity index (χ0v) is 9.63. The Morgan fingerprint density at radius 1 is 1.44 bits per heavy atom. The van der Waals surface area contributed by atoms with Gasteiger partial charge in [-0.25, -0.2) is 0 Å². The van der Waals surface area contributed by atoms with Gasteiger partial charge in [0.1, 0.15) is 0 Å². The van der Waals surface area contributed by atoms with Crippen molar-refractivity contribution in [3.05, 3.63) is 34.3 Å². The number of rotatable bonds is 0. The van der Waals surface area contributed by atoms with Gasteiger partial charge in [0.15, 0.2) is 0 Å². The van der Waals surface area contributed by atoms with E-state index in [1.54, 1.807) is 0 Å². The van der Waals surface area contributed by atoms with E-state index in [0.29, 0.717) is 6.54 Å². The fourth-order valence-electron chi connectivity index (χ4n) is 2.60. The number of fused-ring (bicyclic) bond motifs is 3. The van der Waals surface area contributed by atoms with Crippen LogP contribution in [0.3, 0.4) is 0 Å². The Hall–Kier alpha value is -1.06. The monoisotopic (exact) mass is 236 g/mol. The number of carbonyl (C=O) groups excluding carboxylic acids is 1. The molecule has 0 aliphatic carbocycles. The Morgan fingerprint density at radius 2 is 2.31 bits per heavy atom. The molecule has 2 aliphatic rings. The van der Waals surface area contributed by atoms with Gasteiger partial charge in [0.25, 0.3) is 0 Å². The van der Waals surface area contributed by atoms with Gasteiger partial charge in [-0.05, 0) is 29.7 Å². The Labute approximate surface area is 99.4 Å². The van der Waals surface area contributed by atoms with E-state index in [2.05, 4.69) is 11.4 Å². The maximum Gasteiger partial charge on any atom is 0.237 e. The molecule has 0 radical (unpaired) electrons. The molecule has 1 saturated heterocycles. The van der Waals surface area contributed by atoms with Crippen LogP contribution in [-0.2, 0) is 11.2 Å². The third kappa shape index (κ3) is 1.51. The highest BCUT2D eigenvalue weighted by Crippen LogP contribution is 2.32. The molecule has 1 N–H and O–H groups in total. The lowest BCUT2D eigenvalue weighted by Gasteiger charge is -2.40.